The molecule has 0 saturated carbocycles. The zero-order valence-corrected chi connectivity index (χ0v) is 17.5. The molecule has 154 valence electrons. The summed E-state index contributed by atoms with van der Waals surface area (Å²) in [4.78, 5) is 20.4. The highest BCUT2D eigenvalue weighted by molar-refractivity contribution is 6.32. The van der Waals surface area contributed by atoms with Crippen LogP contribution in [0.2, 0.25) is 5.02 Å². The van der Waals surface area contributed by atoms with Crippen LogP contribution in [0.15, 0.2) is 79.6 Å². The number of carbonyl (C=O) groups excluding carboxylic acids is 1. The highest BCUT2D eigenvalue weighted by atomic mass is 35.5. The van der Waals surface area contributed by atoms with Crippen LogP contribution >= 0.6 is 11.6 Å². The quantitative estimate of drug-likeness (QED) is 0.376. The number of halogens is 1. The van der Waals surface area contributed by atoms with Crippen LogP contribution in [0, 0.1) is 0 Å². The Hall–Kier alpha value is -3.90. The fraction of sp³-hybridized carbons (Fsp3) is 0.0417. The van der Waals surface area contributed by atoms with Crippen LogP contribution in [0.25, 0.3) is 22.0 Å². The number of hydrogen-bond acceptors (Lipinski definition) is 5. The highest BCUT2D eigenvalue weighted by Crippen LogP contribution is 2.32. The van der Waals surface area contributed by atoms with E-state index in [1.165, 1.54) is 12.4 Å². The standard InChI is InChI=1S/C24H19ClN4O2/c1-3-23(30)28-17-6-4-5-15(11-17)16-7-9-21-19(12-16)24(27-14-26-21)29-18-8-10-22(31-2)20(25)13-18/h3-14H,1H2,2H3,(H,28,30)(H,26,27,29). The van der Waals surface area contributed by atoms with E-state index in [0.29, 0.717) is 22.3 Å². The smallest absolute Gasteiger partial charge is 0.247 e. The van der Waals surface area contributed by atoms with Crippen LogP contribution in [-0.2, 0) is 4.79 Å². The van der Waals surface area contributed by atoms with Gasteiger partial charge in [-0.1, -0.05) is 36.4 Å². The maximum absolute atomic E-state index is 11.6. The van der Waals surface area contributed by atoms with E-state index in [1.807, 2.05) is 48.5 Å². The van der Waals surface area contributed by atoms with Crippen molar-refractivity contribution in [3.05, 3.63) is 84.7 Å². The summed E-state index contributed by atoms with van der Waals surface area (Å²) in [6, 6.07) is 19.0. The van der Waals surface area contributed by atoms with Crippen LogP contribution in [0.1, 0.15) is 0 Å². The molecular weight excluding hydrogens is 412 g/mol. The maximum atomic E-state index is 11.6. The third-order valence-electron chi connectivity index (χ3n) is 4.70. The number of amides is 1. The van der Waals surface area contributed by atoms with Gasteiger partial charge in [0.25, 0.3) is 0 Å². The molecule has 31 heavy (non-hydrogen) atoms. The Morgan fingerprint density at radius 1 is 1.03 bits per heavy atom. The van der Waals surface area contributed by atoms with E-state index in [1.54, 1.807) is 19.2 Å². The first-order chi connectivity index (χ1) is 15.1. The van der Waals surface area contributed by atoms with E-state index >= 15 is 0 Å². The molecule has 0 unspecified atom stereocenters. The average Bonchev–Trinajstić information content (AvgIpc) is 2.79. The van der Waals surface area contributed by atoms with Gasteiger partial charge in [0.1, 0.15) is 17.9 Å². The molecule has 4 rings (SSSR count). The number of aromatic nitrogens is 2. The number of fused-ring (bicyclic) bond motifs is 1. The number of nitrogens with zero attached hydrogens (tertiary/aromatic N) is 2. The van der Waals surface area contributed by atoms with E-state index in [0.717, 1.165) is 27.7 Å². The Balaban J connectivity index is 1.71. The Morgan fingerprint density at radius 2 is 1.87 bits per heavy atom. The highest BCUT2D eigenvalue weighted by Gasteiger charge is 2.09. The lowest BCUT2D eigenvalue weighted by molar-refractivity contribution is -0.111. The molecule has 0 aliphatic carbocycles. The van der Waals surface area contributed by atoms with Gasteiger partial charge in [-0.15, -0.1) is 0 Å². The lowest BCUT2D eigenvalue weighted by atomic mass is 10.0. The van der Waals surface area contributed by atoms with Crippen molar-refractivity contribution in [3.63, 3.8) is 0 Å². The molecule has 0 spiro atoms. The molecule has 2 N–H and O–H groups in total. The monoisotopic (exact) mass is 430 g/mol. The minimum Gasteiger partial charge on any atom is -0.495 e. The Labute approximate surface area is 184 Å². The number of nitrogens with one attached hydrogen (secondary N) is 2. The van der Waals surface area contributed by atoms with Crippen LogP contribution in [0.5, 0.6) is 5.75 Å². The third-order valence-corrected chi connectivity index (χ3v) is 4.99. The lowest BCUT2D eigenvalue weighted by Crippen LogP contribution is -2.06. The van der Waals surface area contributed by atoms with Gasteiger partial charge in [-0.3, -0.25) is 4.79 Å². The molecule has 0 atom stereocenters. The summed E-state index contributed by atoms with van der Waals surface area (Å²) in [7, 11) is 1.57. The van der Waals surface area contributed by atoms with E-state index < -0.39 is 0 Å². The second-order valence-electron chi connectivity index (χ2n) is 6.70. The van der Waals surface area contributed by atoms with Crippen LogP contribution in [0.4, 0.5) is 17.2 Å². The molecule has 6 nitrogen and oxygen atoms in total. The minimum absolute atomic E-state index is 0.256. The topological polar surface area (TPSA) is 76.1 Å². The average molecular weight is 431 g/mol. The number of methoxy groups -OCH3 is 1. The molecule has 1 amide bonds. The number of anilines is 3. The van der Waals surface area contributed by atoms with Crippen molar-refractivity contribution in [2.45, 2.75) is 0 Å². The Kier molecular flexibility index (Phi) is 5.82. The molecule has 1 heterocycles. The summed E-state index contributed by atoms with van der Waals surface area (Å²) >= 11 is 6.25. The first-order valence-corrected chi connectivity index (χ1v) is 9.84. The predicted octanol–water partition coefficient (Wildman–Crippen LogP) is 5.83. The van der Waals surface area contributed by atoms with Gasteiger partial charge in [-0.2, -0.15) is 0 Å². The van der Waals surface area contributed by atoms with Crippen LogP contribution in [0.3, 0.4) is 0 Å². The van der Waals surface area contributed by atoms with Crippen molar-refractivity contribution in [1.82, 2.24) is 9.97 Å². The molecule has 0 saturated heterocycles. The van der Waals surface area contributed by atoms with Crippen molar-refractivity contribution in [2.24, 2.45) is 0 Å². The van der Waals surface area contributed by atoms with Crippen molar-refractivity contribution >= 4 is 45.6 Å². The second-order valence-corrected chi connectivity index (χ2v) is 7.11. The van der Waals surface area contributed by atoms with Crippen molar-refractivity contribution in [3.8, 4) is 16.9 Å². The Morgan fingerprint density at radius 3 is 2.65 bits per heavy atom. The number of hydrogen-bond donors (Lipinski definition) is 2. The summed E-state index contributed by atoms with van der Waals surface area (Å²) in [6.07, 6.45) is 2.75. The molecule has 1 aromatic heterocycles. The maximum Gasteiger partial charge on any atom is 0.247 e. The molecule has 0 aliphatic heterocycles. The van der Waals surface area contributed by atoms with Gasteiger partial charge in [-0.25, -0.2) is 9.97 Å². The molecule has 4 aromatic rings. The molecule has 0 radical (unpaired) electrons. The number of ether oxygens (including phenoxy) is 1. The normalized spacial score (nSPS) is 10.5. The molecular formula is C24H19ClN4O2. The third kappa shape index (κ3) is 4.49. The number of rotatable bonds is 6. The minimum atomic E-state index is -0.256. The van der Waals surface area contributed by atoms with E-state index in [9.17, 15) is 4.79 Å². The summed E-state index contributed by atoms with van der Waals surface area (Å²) in [5, 5.41) is 7.44. The van der Waals surface area contributed by atoms with Gasteiger partial charge >= 0.3 is 0 Å². The summed E-state index contributed by atoms with van der Waals surface area (Å²) in [5.41, 5.74) is 4.19. The fourth-order valence-electron chi connectivity index (χ4n) is 3.19. The summed E-state index contributed by atoms with van der Waals surface area (Å²) < 4.78 is 5.21. The molecule has 0 fully saturated rings. The first-order valence-electron chi connectivity index (χ1n) is 9.46. The summed E-state index contributed by atoms with van der Waals surface area (Å²) in [6.45, 7) is 3.48. The van der Waals surface area contributed by atoms with Crippen LogP contribution < -0.4 is 15.4 Å². The van der Waals surface area contributed by atoms with Crippen molar-refractivity contribution < 1.29 is 9.53 Å². The van der Waals surface area contributed by atoms with Gasteiger partial charge in [0.2, 0.25) is 5.91 Å². The number of benzene rings is 3. The Bertz CT molecular complexity index is 1290. The lowest BCUT2D eigenvalue weighted by Gasteiger charge is -2.12. The SMILES string of the molecule is C=CC(=O)Nc1cccc(-c2ccc3ncnc(Nc4ccc(OC)c(Cl)c4)c3c2)c1. The fourth-order valence-corrected chi connectivity index (χ4v) is 3.44. The van der Waals surface area contributed by atoms with Gasteiger partial charge in [0, 0.05) is 16.8 Å². The van der Waals surface area contributed by atoms with E-state index in [4.69, 9.17) is 16.3 Å². The van der Waals surface area contributed by atoms with Gasteiger partial charge in [0.05, 0.1) is 17.6 Å². The van der Waals surface area contributed by atoms with Crippen LogP contribution in [-0.4, -0.2) is 23.0 Å². The van der Waals surface area contributed by atoms with Gasteiger partial charge < -0.3 is 15.4 Å². The van der Waals surface area contributed by atoms with Gasteiger partial charge in [0.15, 0.2) is 0 Å². The molecule has 0 bridgehead atoms. The number of carbonyl (C=O) groups is 1. The largest absolute Gasteiger partial charge is 0.495 e. The molecule has 7 heteroatoms. The first kappa shape index (κ1) is 20.4. The summed E-state index contributed by atoms with van der Waals surface area (Å²) in [5.74, 6) is 1.00. The van der Waals surface area contributed by atoms with Crippen molar-refractivity contribution in [2.75, 3.05) is 17.7 Å². The zero-order chi connectivity index (χ0) is 21.8. The van der Waals surface area contributed by atoms with Crippen molar-refractivity contribution in [1.29, 1.82) is 0 Å². The van der Waals surface area contributed by atoms with Gasteiger partial charge in [-0.05, 0) is 59.7 Å². The molecule has 0 aliphatic rings. The van der Waals surface area contributed by atoms with E-state index in [2.05, 4.69) is 27.2 Å². The zero-order valence-electron chi connectivity index (χ0n) is 16.7. The van der Waals surface area contributed by atoms with E-state index in [-0.39, 0.29) is 5.91 Å². The predicted molar refractivity (Wildman–Crippen MR) is 125 cm³/mol. The molecule has 3 aromatic carbocycles. The second kappa shape index (κ2) is 8.85.